The summed E-state index contributed by atoms with van der Waals surface area (Å²) >= 11 is 4.43. The Balaban J connectivity index is 3.83. The Morgan fingerprint density at radius 3 is 2.11 bits per heavy atom. The first-order valence-corrected chi connectivity index (χ1v) is 3.08. The highest BCUT2D eigenvalue weighted by Crippen LogP contribution is 1.92. The molecule has 2 unspecified atom stereocenters. The number of rotatable bonds is 3. The van der Waals surface area contributed by atoms with Crippen molar-refractivity contribution in [3.8, 4) is 0 Å². The Kier molecular flexibility index (Phi) is 3.68. The number of likely N-dealkylation sites (N-methyl/N-ethyl adjacent to an activating group) is 1. The molecule has 0 heterocycles. The van der Waals surface area contributed by atoms with Crippen molar-refractivity contribution in [2.75, 3.05) is 7.05 Å². The molecule has 0 aromatic carbocycles. The number of hydrogen-bond acceptors (Lipinski definition) is 3. The molecule has 3 N–H and O–H groups in total. The largest absolute Gasteiger partial charge is 0.501 e. The van der Waals surface area contributed by atoms with Crippen molar-refractivity contribution in [2.24, 2.45) is 0 Å². The van der Waals surface area contributed by atoms with Crippen LogP contribution in [-0.2, 0) is 0 Å². The predicted molar refractivity (Wildman–Crippen MR) is 39.8 cm³/mol. The number of nitrogens with one attached hydrogen (secondary N) is 1. The maximum atomic E-state index is 8.87. The minimum absolute atomic E-state index is 0.201. The highest BCUT2D eigenvalue weighted by molar-refractivity contribution is 7.80. The zero-order valence-electron chi connectivity index (χ0n) is 5.46. The third-order valence-corrected chi connectivity index (χ3v) is 1.31. The van der Waals surface area contributed by atoms with Gasteiger partial charge in [0.25, 0.3) is 0 Å². The number of hydrogen-bond donors (Lipinski definition) is 3. The number of aliphatic hydroxyl groups is 2. The summed E-state index contributed by atoms with van der Waals surface area (Å²) in [4.78, 5) is 0. The molecule has 0 spiro atoms. The molecule has 0 saturated heterocycles. The van der Waals surface area contributed by atoms with E-state index < -0.39 is 12.1 Å². The Bertz CT molecular complexity index is 105. The first-order valence-electron chi connectivity index (χ1n) is 2.67. The molecule has 0 aromatic heterocycles. The molecular formula is C5H11NO2S. The molecule has 0 aliphatic rings. The molecule has 3 nitrogen and oxygen atoms in total. The highest BCUT2D eigenvalue weighted by Gasteiger charge is 2.15. The van der Waals surface area contributed by atoms with Crippen LogP contribution in [0.15, 0.2) is 0 Å². The smallest absolute Gasteiger partial charge is 0.176 e. The minimum Gasteiger partial charge on any atom is -0.501 e. The molecule has 4 heteroatoms. The van der Waals surface area contributed by atoms with Gasteiger partial charge in [0.15, 0.2) is 5.05 Å². The summed E-state index contributed by atoms with van der Waals surface area (Å²) in [6.07, 6.45) is -0.646. The summed E-state index contributed by atoms with van der Waals surface area (Å²) in [6, 6.07) is -0.486. The van der Waals surface area contributed by atoms with E-state index in [4.69, 9.17) is 10.2 Å². The molecule has 0 rings (SSSR count). The van der Waals surface area contributed by atoms with E-state index in [0.717, 1.165) is 0 Å². The maximum absolute atomic E-state index is 8.87. The fourth-order valence-corrected chi connectivity index (χ4v) is 0.886. The van der Waals surface area contributed by atoms with Crippen LogP contribution in [0.2, 0.25) is 0 Å². The van der Waals surface area contributed by atoms with Crippen LogP contribution in [0.3, 0.4) is 0 Å². The molecule has 0 bridgehead atoms. The molecule has 0 amide bonds. The lowest BCUT2D eigenvalue weighted by Crippen LogP contribution is -2.41. The van der Waals surface area contributed by atoms with Crippen molar-refractivity contribution < 1.29 is 10.2 Å². The van der Waals surface area contributed by atoms with E-state index in [1.807, 2.05) is 0 Å². The van der Waals surface area contributed by atoms with Gasteiger partial charge in [-0.15, -0.1) is 0 Å². The summed E-state index contributed by atoms with van der Waals surface area (Å²) in [5.41, 5.74) is 0. The number of aliphatic hydroxyl groups excluding tert-OH is 2. The zero-order valence-corrected chi connectivity index (χ0v) is 6.27. The summed E-state index contributed by atoms with van der Waals surface area (Å²) in [5.74, 6) is 0. The van der Waals surface area contributed by atoms with E-state index >= 15 is 0 Å². The van der Waals surface area contributed by atoms with Crippen LogP contribution in [0, 0.1) is 0 Å². The van der Waals surface area contributed by atoms with Crippen LogP contribution < -0.4 is 5.32 Å². The second-order valence-corrected chi connectivity index (χ2v) is 2.26. The minimum atomic E-state index is -0.646. The second kappa shape index (κ2) is 3.76. The van der Waals surface area contributed by atoms with Gasteiger partial charge in [-0.05, 0) is 26.2 Å². The molecule has 9 heavy (non-hydrogen) atoms. The molecular weight excluding hydrogens is 138 g/mol. The summed E-state index contributed by atoms with van der Waals surface area (Å²) in [5, 5.41) is 20.0. The first kappa shape index (κ1) is 8.81. The van der Waals surface area contributed by atoms with Gasteiger partial charge in [-0.1, -0.05) is 0 Å². The molecule has 0 saturated carbocycles. The standard InChI is InChI=1S/C5H11NO2S/c1-3(7)4(6-2)5(8)9/h3-4,6-7H,1-2H3,(H,8,9). The Hall–Kier alpha value is -0.190. The van der Waals surface area contributed by atoms with Crippen molar-refractivity contribution in [3.05, 3.63) is 0 Å². The molecule has 2 atom stereocenters. The van der Waals surface area contributed by atoms with Crippen molar-refractivity contribution in [1.82, 2.24) is 5.32 Å². The van der Waals surface area contributed by atoms with E-state index in [1.54, 1.807) is 14.0 Å². The van der Waals surface area contributed by atoms with Gasteiger partial charge in [0.05, 0.1) is 6.10 Å². The monoisotopic (exact) mass is 149 g/mol. The van der Waals surface area contributed by atoms with Crippen LogP contribution in [-0.4, -0.2) is 34.5 Å². The Morgan fingerprint density at radius 1 is 1.67 bits per heavy atom. The third-order valence-electron chi connectivity index (χ3n) is 1.06. The molecule has 0 radical (unpaired) electrons. The van der Waals surface area contributed by atoms with Gasteiger partial charge in [-0.2, -0.15) is 0 Å². The molecule has 0 aliphatic heterocycles. The van der Waals surface area contributed by atoms with Crippen LogP contribution in [0.5, 0.6) is 0 Å². The lowest BCUT2D eigenvalue weighted by atomic mass is 10.2. The average molecular weight is 149 g/mol. The molecule has 0 aliphatic carbocycles. The quantitative estimate of drug-likeness (QED) is 0.488. The van der Waals surface area contributed by atoms with E-state index in [1.165, 1.54) is 0 Å². The van der Waals surface area contributed by atoms with E-state index in [2.05, 4.69) is 17.5 Å². The summed E-state index contributed by atoms with van der Waals surface area (Å²) in [7, 11) is 1.62. The highest BCUT2D eigenvalue weighted by atomic mass is 32.1. The molecule has 54 valence electrons. The van der Waals surface area contributed by atoms with Crippen LogP contribution >= 0.6 is 12.2 Å². The molecule has 0 fully saturated rings. The summed E-state index contributed by atoms with van der Waals surface area (Å²) in [6.45, 7) is 1.56. The summed E-state index contributed by atoms with van der Waals surface area (Å²) < 4.78 is 0. The van der Waals surface area contributed by atoms with Crippen molar-refractivity contribution in [3.63, 3.8) is 0 Å². The van der Waals surface area contributed by atoms with Crippen molar-refractivity contribution in [1.29, 1.82) is 0 Å². The average Bonchev–Trinajstić information content (AvgIpc) is 1.64. The third kappa shape index (κ3) is 2.74. The van der Waals surface area contributed by atoms with Crippen LogP contribution in [0.25, 0.3) is 0 Å². The first-order chi connectivity index (χ1) is 4.09. The van der Waals surface area contributed by atoms with Crippen molar-refractivity contribution >= 4 is 17.3 Å². The lowest BCUT2D eigenvalue weighted by Gasteiger charge is -2.15. The fraction of sp³-hybridized carbons (Fsp3) is 0.800. The number of thiocarbonyl (C=S) groups is 1. The van der Waals surface area contributed by atoms with Gasteiger partial charge in [0.1, 0.15) is 6.04 Å². The second-order valence-electron chi connectivity index (χ2n) is 1.85. The van der Waals surface area contributed by atoms with Gasteiger partial charge in [0.2, 0.25) is 0 Å². The fourth-order valence-electron chi connectivity index (χ4n) is 0.571. The molecule has 0 aromatic rings. The van der Waals surface area contributed by atoms with Gasteiger partial charge in [-0.3, -0.25) is 0 Å². The lowest BCUT2D eigenvalue weighted by molar-refractivity contribution is 0.169. The van der Waals surface area contributed by atoms with Gasteiger partial charge in [0, 0.05) is 0 Å². The van der Waals surface area contributed by atoms with E-state index in [0.29, 0.717) is 0 Å². The maximum Gasteiger partial charge on any atom is 0.176 e. The normalized spacial score (nSPS) is 16.8. The van der Waals surface area contributed by atoms with Crippen LogP contribution in [0.1, 0.15) is 6.92 Å². The van der Waals surface area contributed by atoms with E-state index in [9.17, 15) is 0 Å². The van der Waals surface area contributed by atoms with Gasteiger partial charge in [-0.25, -0.2) is 0 Å². The van der Waals surface area contributed by atoms with Gasteiger partial charge < -0.3 is 15.5 Å². The predicted octanol–water partition coefficient (Wildman–Crippen LogP) is -0.159. The van der Waals surface area contributed by atoms with Crippen LogP contribution in [0.4, 0.5) is 0 Å². The van der Waals surface area contributed by atoms with Crippen molar-refractivity contribution in [2.45, 2.75) is 19.1 Å². The Labute approximate surface area is 59.7 Å². The zero-order chi connectivity index (χ0) is 7.44. The SMILES string of the molecule is CNC(C(O)=S)C(C)O. The topological polar surface area (TPSA) is 52.5 Å². The van der Waals surface area contributed by atoms with E-state index in [-0.39, 0.29) is 5.05 Å². The van der Waals surface area contributed by atoms with Gasteiger partial charge >= 0.3 is 0 Å². The Morgan fingerprint density at radius 2 is 2.11 bits per heavy atom.